The van der Waals surface area contributed by atoms with Crippen LogP contribution in [0.5, 0.6) is 0 Å². The van der Waals surface area contributed by atoms with Crippen LogP contribution in [0.3, 0.4) is 0 Å². The average Bonchev–Trinajstić information content (AvgIpc) is 2.81. The molecule has 0 unspecified atom stereocenters. The maximum atomic E-state index is 12.2. The molecule has 0 bridgehead atoms. The van der Waals surface area contributed by atoms with Gasteiger partial charge in [0.25, 0.3) is 0 Å². The Morgan fingerprint density at radius 1 is 1.00 bits per heavy atom. The number of aromatic amines is 1. The van der Waals surface area contributed by atoms with E-state index in [9.17, 15) is 8.42 Å². The molecule has 2 N–H and O–H groups in total. The molecular formula is C15H13BrN2O2S. The van der Waals surface area contributed by atoms with Crippen LogP contribution in [0.2, 0.25) is 0 Å². The molecule has 0 aliphatic rings. The smallest absolute Gasteiger partial charge is 0.240 e. The van der Waals surface area contributed by atoms with Gasteiger partial charge in [0.05, 0.1) is 9.50 Å². The Bertz CT molecular complexity index is 873. The second-order valence-corrected chi connectivity index (χ2v) is 7.16. The minimum atomic E-state index is -3.51. The second-order valence-electron chi connectivity index (χ2n) is 4.60. The fourth-order valence-corrected chi connectivity index (χ4v) is 3.77. The number of sulfonamides is 1. The van der Waals surface area contributed by atoms with Crippen LogP contribution < -0.4 is 4.72 Å². The molecule has 3 rings (SSSR count). The molecule has 6 heteroatoms. The summed E-state index contributed by atoms with van der Waals surface area (Å²) >= 11 is 3.44. The Hall–Kier alpha value is -1.63. The van der Waals surface area contributed by atoms with Gasteiger partial charge in [0.2, 0.25) is 10.0 Å². The van der Waals surface area contributed by atoms with Crippen LogP contribution in [-0.2, 0) is 16.6 Å². The van der Waals surface area contributed by atoms with Crippen LogP contribution in [0.1, 0.15) is 5.56 Å². The summed E-state index contributed by atoms with van der Waals surface area (Å²) in [5.74, 6) is 0. The van der Waals surface area contributed by atoms with Gasteiger partial charge in [-0.1, -0.05) is 36.4 Å². The van der Waals surface area contributed by atoms with Gasteiger partial charge in [-0.05, 0) is 34.1 Å². The molecule has 21 heavy (non-hydrogen) atoms. The van der Waals surface area contributed by atoms with E-state index in [0.717, 1.165) is 21.1 Å². The predicted octanol–water partition coefficient (Wildman–Crippen LogP) is 3.41. The van der Waals surface area contributed by atoms with Crippen LogP contribution >= 0.6 is 15.9 Å². The van der Waals surface area contributed by atoms with E-state index in [1.54, 1.807) is 30.3 Å². The van der Waals surface area contributed by atoms with Gasteiger partial charge in [-0.2, -0.15) is 0 Å². The normalized spacial score (nSPS) is 11.9. The van der Waals surface area contributed by atoms with E-state index >= 15 is 0 Å². The first-order valence-electron chi connectivity index (χ1n) is 6.38. The first-order chi connectivity index (χ1) is 10.1. The van der Waals surface area contributed by atoms with Gasteiger partial charge in [0.15, 0.2) is 0 Å². The van der Waals surface area contributed by atoms with Crippen molar-refractivity contribution in [1.82, 2.24) is 9.71 Å². The standard InChI is InChI=1S/C15H13BrN2O2S/c16-15-13(12-8-4-5-9-14(12)18-15)10-17-21(19,20)11-6-2-1-3-7-11/h1-9,17-18H,10H2. The Morgan fingerprint density at radius 3 is 2.43 bits per heavy atom. The lowest BCUT2D eigenvalue weighted by Gasteiger charge is -2.06. The van der Waals surface area contributed by atoms with Crippen molar-refractivity contribution in [1.29, 1.82) is 0 Å². The van der Waals surface area contributed by atoms with Gasteiger partial charge in [-0.25, -0.2) is 13.1 Å². The van der Waals surface area contributed by atoms with Gasteiger partial charge in [0, 0.05) is 23.0 Å². The number of aromatic nitrogens is 1. The van der Waals surface area contributed by atoms with Crippen LogP contribution in [0.4, 0.5) is 0 Å². The minimum Gasteiger partial charge on any atom is -0.349 e. The van der Waals surface area contributed by atoms with E-state index in [0.29, 0.717) is 0 Å². The third-order valence-electron chi connectivity index (χ3n) is 3.25. The number of benzene rings is 2. The first-order valence-corrected chi connectivity index (χ1v) is 8.65. The van der Waals surface area contributed by atoms with Crippen molar-refractivity contribution >= 4 is 36.9 Å². The van der Waals surface area contributed by atoms with Crippen molar-refractivity contribution in [3.63, 3.8) is 0 Å². The molecule has 0 aliphatic carbocycles. The lowest BCUT2D eigenvalue weighted by molar-refractivity contribution is 0.581. The minimum absolute atomic E-state index is 0.224. The zero-order valence-electron chi connectivity index (χ0n) is 11.0. The second kappa shape index (κ2) is 5.63. The zero-order valence-corrected chi connectivity index (χ0v) is 13.4. The Morgan fingerprint density at radius 2 is 1.67 bits per heavy atom. The van der Waals surface area contributed by atoms with E-state index in [1.165, 1.54) is 0 Å². The quantitative estimate of drug-likeness (QED) is 0.744. The lowest BCUT2D eigenvalue weighted by atomic mass is 10.2. The molecule has 108 valence electrons. The Labute approximate surface area is 131 Å². The monoisotopic (exact) mass is 364 g/mol. The highest BCUT2D eigenvalue weighted by Crippen LogP contribution is 2.26. The summed E-state index contributed by atoms with van der Waals surface area (Å²) in [5, 5.41) is 1.00. The molecule has 1 heterocycles. The fourth-order valence-electron chi connectivity index (χ4n) is 2.19. The summed E-state index contributed by atoms with van der Waals surface area (Å²) in [6.07, 6.45) is 0. The molecule has 0 saturated carbocycles. The van der Waals surface area contributed by atoms with Gasteiger partial charge in [0.1, 0.15) is 0 Å². The average molecular weight is 365 g/mol. The SMILES string of the molecule is O=S(=O)(NCc1c(Br)[nH]c2ccccc12)c1ccccc1. The predicted molar refractivity (Wildman–Crippen MR) is 86.5 cm³/mol. The topological polar surface area (TPSA) is 62.0 Å². The van der Waals surface area contributed by atoms with Crippen LogP contribution in [0.15, 0.2) is 64.1 Å². The fraction of sp³-hybridized carbons (Fsp3) is 0.0667. The van der Waals surface area contributed by atoms with Crippen molar-refractivity contribution in [2.45, 2.75) is 11.4 Å². The van der Waals surface area contributed by atoms with Gasteiger partial charge in [-0.15, -0.1) is 0 Å². The number of hydrogen-bond acceptors (Lipinski definition) is 2. The molecular weight excluding hydrogens is 352 g/mol. The van der Waals surface area contributed by atoms with Crippen LogP contribution in [0.25, 0.3) is 10.9 Å². The molecule has 0 spiro atoms. The molecule has 1 aromatic heterocycles. The molecule has 4 nitrogen and oxygen atoms in total. The number of fused-ring (bicyclic) bond motifs is 1. The van der Waals surface area contributed by atoms with Crippen LogP contribution in [-0.4, -0.2) is 13.4 Å². The molecule has 0 fully saturated rings. The summed E-state index contributed by atoms with van der Waals surface area (Å²) in [5.41, 5.74) is 1.86. The maximum absolute atomic E-state index is 12.2. The molecule has 0 amide bonds. The number of nitrogens with one attached hydrogen (secondary N) is 2. The highest BCUT2D eigenvalue weighted by Gasteiger charge is 2.15. The van der Waals surface area contributed by atoms with Crippen LogP contribution in [0, 0.1) is 0 Å². The number of rotatable bonds is 4. The van der Waals surface area contributed by atoms with E-state index < -0.39 is 10.0 Å². The third-order valence-corrected chi connectivity index (χ3v) is 5.35. The van der Waals surface area contributed by atoms with Crippen molar-refractivity contribution in [2.75, 3.05) is 0 Å². The van der Waals surface area contributed by atoms with Crippen molar-refractivity contribution < 1.29 is 8.42 Å². The Kier molecular flexibility index (Phi) is 3.84. The largest absolute Gasteiger partial charge is 0.349 e. The third kappa shape index (κ3) is 2.88. The number of para-hydroxylation sites is 1. The van der Waals surface area contributed by atoms with Crippen molar-refractivity contribution in [3.8, 4) is 0 Å². The summed E-state index contributed by atoms with van der Waals surface area (Å²) in [7, 11) is -3.51. The maximum Gasteiger partial charge on any atom is 0.240 e. The van der Waals surface area contributed by atoms with Gasteiger partial charge < -0.3 is 4.98 Å². The molecule has 0 radical (unpaired) electrons. The zero-order chi connectivity index (χ0) is 14.9. The summed E-state index contributed by atoms with van der Waals surface area (Å²) < 4.78 is 27.9. The number of H-pyrrole nitrogens is 1. The van der Waals surface area contributed by atoms with E-state index in [4.69, 9.17) is 0 Å². The first kappa shape index (κ1) is 14.3. The van der Waals surface area contributed by atoms with E-state index in [-0.39, 0.29) is 11.4 Å². The lowest BCUT2D eigenvalue weighted by Crippen LogP contribution is -2.23. The highest BCUT2D eigenvalue weighted by atomic mass is 79.9. The summed E-state index contributed by atoms with van der Waals surface area (Å²) in [4.78, 5) is 3.45. The molecule has 0 saturated heterocycles. The van der Waals surface area contributed by atoms with Crippen molar-refractivity contribution in [3.05, 3.63) is 64.8 Å². The summed E-state index contributed by atoms with van der Waals surface area (Å²) in [6.45, 7) is 0.224. The molecule has 2 aromatic carbocycles. The number of hydrogen-bond donors (Lipinski definition) is 2. The van der Waals surface area contributed by atoms with E-state index in [1.807, 2.05) is 24.3 Å². The molecule has 0 aliphatic heterocycles. The van der Waals surface area contributed by atoms with E-state index in [2.05, 4.69) is 25.6 Å². The summed E-state index contributed by atoms with van der Waals surface area (Å²) in [6, 6.07) is 16.1. The number of halogens is 1. The Balaban J connectivity index is 1.89. The van der Waals surface area contributed by atoms with Gasteiger partial charge >= 0.3 is 0 Å². The van der Waals surface area contributed by atoms with Crippen molar-refractivity contribution in [2.24, 2.45) is 0 Å². The molecule has 0 atom stereocenters. The highest BCUT2D eigenvalue weighted by molar-refractivity contribution is 9.10. The van der Waals surface area contributed by atoms with Gasteiger partial charge in [-0.3, -0.25) is 0 Å². The molecule has 3 aromatic rings.